The second-order valence-corrected chi connectivity index (χ2v) is 9.38. The van der Waals surface area contributed by atoms with Crippen molar-refractivity contribution in [2.24, 2.45) is 5.41 Å². The molecule has 30 heavy (non-hydrogen) atoms. The Morgan fingerprint density at radius 1 is 1.13 bits per heavy atom. The van der Waals surface area contributed by atoms with Gasteiger partial charge in [0, 0.05) is 45.4 Å². The number of hydrogen-bond donors (Lipinski definition) is 1. The molecule has 0 aliphatic carbocycles. The van der Waals surface area contributed by atoms with E-state index in [9.17, 15) is 9.90 Å². The van der Waals surface area contributed by atoms with Crippen LogP contribution >= 0.6 is 0 Å². The number of fused-ring (bicyclic) bond motifs is 1. The predicted octanol–water partition coefficient (Wildman–Crippen LogP) is 1.81. The van der Waals surface area contributed by atoms with Gasteiger partial charge in [0.15, 0.2) is 11.5 Å². The standard InChI is InChI=1S/C23H32N2O5/c26-19-13-23(15-25(14-19)18-3-9-28-10-4-18)5-7-24(8-6-23)22(27)12-17-1-2-20-21(11-17)30-16-29-20/h1-2,11,18-19,26H,3-10,12-16H2. The Kier molecular flexibility index (Phi) is 5.60. The van der Waals surface area contributed by atoms with Crippen LogP contribution < -0.4 is 9.47 Å². The average molecular weight is 417 g/mol. The molecule has 4 aliphatic rings. The van der Waals surface area contributed by atoms with E-state index >= 15 is 0 Å². The normalized spacial score (nSPS) is 26.8. The lowest BCUT2D eigenvalue weighted by Gasteiger charge is -2.51. The van der Waals surface area contributed by atoms with E-state index in [1.165, 1.54) is 0 Å². The van der Waals surface area contributed by atoms with Crippen molar-refractivity contribution in [1.82, 2.24) is 9.80 Å². The number of carbonyl (C=O) groups is 1. The number of carbonyl (C=O) groups excluding carboxylic acids is 1. The van der Waals surface area contributed by atoms with Crippen molar-refractivity contribution in [2.45, 2.75) is 50.7 Å². The minimum atomic E-state index is -0.266. The van der Waals surface area contributed by atoms with E-state index in [0.717, 1.165) is 88.6 Å². The van der Waals surface area contributed by atoms with Crippen LogP contribution in [-0.4, -0.2) is 79.1 Å². The number of aliphatic hydroxyl groups excluding tert-OH is 1. The zero-order valence-electron chi connectivity index (χ0n) is 17.6. The number of aliphatic hydroxyl groups is 1. The SMILES string of the molecule is O=C(Cc1ccc2c(c1)OCO2)N1CCC2(CC1)CC(O)CN(C1CCOCC1)C2. The van der Waals surface area contributed by atoms with Gasteiger partial charge in [-0.2, -0.15) is 0 Å². The second kappa shape index (κ2) is 8.36. The van der Waals surface area contributed by atoms with Crippen molar-refractivity contribution in [1.29, 1.82) is 0 Å². The fraction of sp³-hybridized carbons (Fsp3) is 0.696. The van der Waals surface area contributed by atoms with E-state index in [-0.39, 0.29) is 24.2 Å². The summed E-state index contributed by atoms with van der Waals surface area (Å²) >= 11 is 0. The topological polar surface area (TPSA) is 71.5 Å². The zero-order chi connectivity index (χ0) is 20.6. The molecule has 1 spiro atoms. The molecule has 164 valence electrons. The third-order valence-electron chi connectivity index (χ3n) is 7.33. The van der Waals surface area contributed by atoms with Gasteiger partial charge in [0.05, 0.1) is 12.5 Å². The van der Waals surface area contributed by atoms with Gasteiger partial charge in [0.1, 0.15) is 0 Å². The van der Waals surface area contributed by atoms with Gasteiger partial charge in [-0.1, -0.05) is 6.07 Å². The van der Waals surface area contributed by atoms with Gasteiger partial charge in [-0.15, -0.1) is 0 Å². The Morgan fingerprint density at radius 2 is 1.90 bits per heavy atom. The molecular formula is C23H32N2O5. The Hall–Kier alpha value is -1.83. The van der Waals surface area contributed by atoms with Gasteiger partial charge in [-0.25, -0.2) is 0 Å². The first kappa shape index (κ1) is 20.1. The molecule has 5 rings (SSSR count). The van der Waals surface area contributed by atoms with Crippen LogP contribution in [0.4, 0.5) is 0 Å². The molecule has 1 N–H and O–H groups in total. The van der Waals surface area contributed by atoms with Crippen LogP contribution in [0.5, 0.6) is 11.5 Å². The summed E-state index contributed by atoms with van der Waals surface area (Å²) in [4.78, 5) is 17.4. The number of nitrogens with zero attached hydrogens (tertiary/aromatic N) is 2. The molecular weight excluding hydrogens is 384 g/mol. The number of benzene rings is 1. The molecule has 0 saturated carbocycles. The lowest BCUT2D eigenvalue weighted by atomic mass is 9.71. The Morgan fingerprint density at radius 3 is 2.70 bits per heavy atom. The monoisotopic (exact) mass is 416 g/mol. The molecule has 4 aliphatic heterocycles. The van der Waals surface area contributed by atoms with Crippen LogP contribution in [0.3, 0.4) is 0 Å². The van der Waals surface area contributed by atoms with E-state index in [0.29, 0.717) is 12.5 Å². The van der Waals surface area contributed by atoms with Crippen LogP contribution in [0.25, 0.3) is 0 Å². The van der Waals surface area contributed by atoms with Crippen molar-refractivity contribution in [3.8, 4) is 11.5 Å². The quantitative estimate of drug-likeness (QED) is 0.811. The summed E-state index contributed by atoms with van der Waals surface area (Å²) in [6, 6.07) is 6.26. The summed E-state index contributed by atoms with van der Waals surface area (Å²) in [6.45, 7) is 5.27. The number of amides is 1. The van der Waals surface area contributed by atoms with Crippen molar-refractivity contribution in [2.75, 3.05) is 46.2 Å². The second-order valence-electron chi connectivity index (χ2n) is 9.38. The molecule has 1 atom stereocenters. The zero-order valence-corrected chi connectivity index (χ0v) is 17.6. The first-order valence-corrected chi connectivity index (χ1v) is 11.3. The third kappa shape index (κ3) is 4.15. The first-order chi connectivity index (χ1) is 14.6. The van der Waals surface area contributed by atoms with Crippen molar-refractivity contribution < 1.29 is 24.1 Å². The van der Waals surface area contributed by atoms with Crippen LogP contribution in [0.2, 0.25) is 0 Å². The molecule has 3 fully saturated rings. The van der Waals surface area contributed by atoms with Gasteiger partial charge in [0.25, 0.3) is 0 Å². The molecule has 0 aromatic heterocycles. The minimum absolute atomic E-state index is 0.130. The third-order valence-corrected chi connectivity index (χ3v) is 7.33. The maximum absolute atomic E-state index is 12.9. The first-order valence-electron chi connectivity index (χ1n) is 11.3. The van der Waals surface area contributed by atoms with Crippen molar-refractivity contribution in [3.05, 3.63) is 23.8 Å². The maximum Gasteiger partial charge on any atom is 0.231 e. The summed E-state index contributed by atoms with van der Waals surface area (Å²) in [5, 5.41) is 10.6. The fourth-order valence-corrected chi connectivity index (χ4v) is 5.65. The van der Waals surface area contributed by atoms with Gasteiger partial charge in [-0.05, 0) is 55.2 Å². The highest BCUT2D eigenvalue weighted by Gasteiger charge is 2.43. The molecule has 7 heteroatoms. The smallest absolute Gasteiger partial charge is 0.231 e. The lowest BCUT2D eigenvalue weighted by Crippen LogP contribution is -2.57. The molecule has 7 nitrogen and oxygen atoms in total. The van der Waals surface area contributed by atoms with E-state index < -0.39 is 0 Å². The maximum atomic E-state index is 12.9. The van der Waals surface area contributed by atoms with Crippen molar-refractivity contribution >= 4 is 5.91 Å². The number of β-amino-alcohol motifs (C(OH)–C–C–N with tert-alkyl or cyclic N) is 1. The molecule has 1 unspecified atom stereocenters. The number of ether oxygens (including phenoxy) is 3. The number of likely N-dealkylation sites (tertiary alicyclic amines) is 2. The Balaban J connectivity index is 1.18. The summed E-state index contributed by atoms with van der Waals surface area (Å²) < 4.78 is 16.3. The molecule has 1 amide bonds. The highest BCUT2D eigenvalue weighted by Crippen LogP contribution is 2.41. The largest absolute Gasteiger partial charge is 0.454 e. The van der Waals surface area contributed by atoms with E-state index in [2.05, 4.69) is 4.90 Å². The summed E-state index contributed by atoms with van der Waals surface area (Å²) in [5.74, 6) is 1.64. The summed E-state index contributed by atoms with van der Waals surface area (Å²) in [7, 11) is 0. The van der Waals surface area contributed by atoms with Gasteiger partial charge >= 0.3 is 0 Å². The van der Waals surface area contributed by atoms with E-state index in [1.54, 1.807) is 0 Å². The highest BCUT2D eigenvalue weighted by molar-refractivity contribution is 5.79. The Bertz CT molecular complexity index is 771. The summed E-state index contributed by atoms with van der Waals surface area (Å²) in [6.07, 6.45) is 5.04. The fourth-order valence-electron chi connectivity index (χ4n) is 5.65. The lowest BCUT2D eigenvalue weighted by molar-refractivity contribution is -0.135. The van der Waals surface area contributed by atoms with E-state index in [4.69, 9.17) is 14.2 Å². The molecule has 0 bridgehead atoms. The van der Waals surface area contributed by atoms with E-state index in [1.807, 2.05) is 23.1 Å². The van der Waals surface area contributed by atoms with Gasteiger partial charge < -0.3 is 24.2 Å². The van der Waals surface area contributed by atoms with Crippen LogP contribution in [0.1, 0.15) is 37.7 Å². The van der Waals surface area contributed by atoms with Crippen LogP contribution in [0, 0.1) is 5.41 Å². The van der Waals surface area contributed by atoms with Gasteiger partial charge in [-0.3, -0.25) is 9.69 Å². The van der Waals surface area contributed by atoms with Crippen LogP contribution in [0.15, 0.2) is 18.2 Å². The van der Waals surface area contributed by atoms with Crippen LogP contribution in [-0.2, 0) is 16.0 Å². The summed E-state index contributed by atoms with van der Waals surface area (Å²) in [5.41, 5.74) is 1.09. The minimum Gasteiger partial charge on any atom is -0.454 e. The Labute approximate surface area is 177 Å². The molecule has 0 radical (unpaired) electrons. The predicted molar refractivity (Wildman–Crippen MR) is 111 cm³/mol. The average Bonchev–Trinajstić information content (AvgIpc) is 3.22. The molecule has 1 aromatic carbocycles. The highest BCUT2D eigenvalue weighted by atomic mass is 16.7. The molecule has 4 heterocycles. The number of piperidine rings is 2. The molecule has 3 saturated heterocycles. The van der Waals surface area contributed by atoms with Gasteiger partial charge in [0.2, 0.25) is 12.7 Å². The number of rotatable bonds is 3. The van der Waals surface area contributed by atoms with Crippen molar-refractivity contribution in [3.63, 3.8) is 0 Å². The molecule has 1 aromatic rings. The number of hydrogen-bond acceptors (Lipinski definition) is 6.